The minimum Gasteiger partial charge on any atom is -0.344 e. The van der Waals surface area contributed by atoms with E-state index in [1.54, 1.807) is 0 Å². The monoisotopic (exact) mass is 445 g/mol. The molecule has 34 heavy (non-hydrogen) atoms. The molecule has 0 aliphatic heterocycles. The molecule has 2 heterocycles. The summed E-state index contributed by atoms with van der Waals surface area (Å²) in [6, 6.07) is 26.0. The zero-order valence-corrected chi connectivity index (χ0v) is 20.6. The van der Waals surface area contributed by atoms with E-state index in [-0.39, 0.29) is 5.41 Å². The fourth-order valence-corrected chi connectivity index (χ4v) is 4.60. The van der Waals surface area contributed by atoms with Crippen LogP contribution >= 0.6 is 0 Å². The van der Waals surface area contributed by atoms with Crippen molar-refractivity contribution >= 4 is 33.2 Å². The first-order valence-corrected chi connectivity index (χ1v) is 12.0. The maximum absolute atomic E-state index is 4.72. The van der Waals surface area contributed by atoms with Crippen molar-refractivity contribution < 1.29 is 0 Å². The van der Waals surface area contributed by atoms with Gasteiger partial charge in [0.15, 0.2) is 0 Å². The summed E-state index contributed by atoms with van der Waals surface area (Å²) < 4.78 is 0. The molecular weight excluding hydrogens is 414 g/mol. The lowest BCUT2D eigenvalue weighted by Crippen LogP contribution is -2.16. The average Bonchev–Trinajstić information content (AvgIpc) is 2.87. The van der Waals surface area contributed by atoms with Crippen LogP contribution in [0.4, 0.5) is 11.4 Å². The van der Waals surface area contributed by atoms with Gasteiger partial charge in [0.25, 0.3) is 0 Å². The minimum atomic E-state index is 0.180. The first-order chi connectivity index (χ1) is 16.4. The number of aromatic nitrogens is 2. The Morgan fingerprint density at radius 3 is 2.29 bits per heavy atom. The van der Waals surface area contributed by atoms with E-state index in [4.69, 9.17) is 4.98 Å². The largest absolute Gasteiger partial charge is 0.344 e. The molecule has 2 aromatic heterocycles. The van der Waals surface area contributed by atoms with E-state index in [1.807, 2.05) is 24.5 Å². The highest BCUT2D eigenvalue weighted by Crippen LogP contribution is 2.37. The molecule has 5 aromatic rings. The Balaban J connectivity index is 1.59. The summed E-state index contributed by atoms with van der Waals surface area (Å²) in [4.78, 5) is 11.7. The van der Waals surface area contributed by atoms with Gasteiger partial charge in [0.1, 0.15) is 0 Å². The molecule has 3 heteroatoms. The van der Waals surface area contributed by atoms with Crippen molar-refractivity contribution in [3.05, 3.63) is 96.3 Å². The molecule has 0 saturated carbocycles. The molecule has 0 spiro atoms. The van der Waals surface area contributed by atoms with Crippen molar-refractivity contribution in [2.45, 2.75) is 39.5 Å². The molecule has 0 bridgehead atoms. The zero-order valence-electron chi connectivity index (χ0n) is 20.6. The Bertz CT molecular complexity index is 1480. The molecule has 0 amide bonds. The second kappa shape index (κ2) is 8.57. The van der Waals surface area contributed by atoms with Gasteiger partial charge in [-0.25, -0.2) is 0 Å². The van der Waals surface area contributed by atoms with Gasteiger partial charge in [-0.3, -0.25) is 9.97 Å². The molecule has 0 atom stereocenters. The number of aryl methyl sites for hydroxylation is 1. The predicted molar refractivity (Wildman–Crippen MR) is 145 cm³/mol. The number of nitrogens with zero attached hydrogens (tertiary/aromatic N) is 3. The van der Waals surface area contributed by atoms with E-state index < -0.39 is 0 Å². The van der Waals surface area contributed by atoms with Gasteiger partial charge in [0, 0.05) is 41.5 Å². The van der Waals surface area contributed by atoms with E-state index in [9.17, 15) is 0 Å². The van der Waals surface area contributed by atoms with E-state index in [2.05, 4.69) is 105 Å². The number of rotatable bonds is 5. The lowest BCUT2D eigenvalue weighted by Gasteiger charge is -2.26. The topological polar surface area (TPSA) is 29.0 Å². The van der Waals surface area contributed by atoms with Crippen LogP contribution in [-0.4, -0.2) is 17.0 Å². The molecule has 0 N–H and O–H groups in total. The van der Waals surface area contributed by atoms with Gasteiger partial charge in [-0.15, -0.1) is 0 Å². The minimum absolute atomic E-state index is 0.180. The molecule has 0 aliphatic rings. The molecule has 3 aromatic carbocycles. The normalized spacial score (nSPS) is 11.8. The van der Waals surface area contributed by atoms with E-state index in [0.29, 0.717) is 0 Å². The second-order valence-electron chi connectivity index (χ2n) is 9.78. The van der Waals surface area contributed by atoms with Crippen molar-refractivity contribution in [3.8, 4) is 11.1 Å². The SMILES string of the molecule is CCC(C)(C)c1ccc(N(C)c2c(C)cnc3ccc(-c4cnc5ccccc5c4)cc23)cc1. The fourth-order valence-electron chi connectivity index (χ4n) is 4.60. The molecule has 170 valence electrons. The standard InChI is InChI=1S/C31H31N3/c1-6-31(3,4)25-12-14-26(15-13-25)34(5)30-21(2)19-32-29-16-11-22(18-27(29)30)24-17-23-9-7-8-10-28(23)33-20-24/h7-20H,6H2,1-5H3. The quantitative estimate of drug-likeness (QED) is 0.273. The van der Waals surface area contributed by atoms with Crippen LogP contribution in [0.25, 0.3) is 32.9 Å². The van der Waals surface area contributed by atoms with Crippen LogP contribution in [0, 0.1) is 6.92 Å². The van der Waals surface area contributed by atoms with E-state index in [0.717, 1.165) is 44.9 Å². The summed E-state index contributed by atoms with van der Waals surface area (Å²) in [6.07, 6.45) is 5.05. The van der Waals surface area contributed by atoms with Crippen molar-refractivity contribution in [2.24, 2.45) is 0 Å². The Morgan fingerprint density at radius 1 is 0.794 bits per heavy atom. The van der Waals surface area contributed by atoms with Crippen LogP contribution in [0.1, 0.15) is 38.3 Å². The Labute approximate surface area is 202 Å². The number of hydrogen-bond donors (Lipinski definition) is 0. The summed E-state index contributed by atoms with van der Waals surface area (Å²) in [5.41, 5.74) is 9.32. The lowest BCUT2D eigenvalue weighted by atomic mass is 9.82. The highest BCUT2D eigenvalue weighted by atomic mass is 15.1. The van der Waals surface area contributed by atoms with Gasteiger partial charge < -0.3 is 4.90 Å². The maximum atomic E-state index is 4.72. The predicted octanol–water partition coefficient (Wildman–Crippen LogP) is 8.21. The first kappa shape index (κ1) is 22.1. The second-order valence-corrected chi connectivity index (χ2v) is 9.78. The van der Waals surface area contributed by atoms with Gasteiger partial charge in [0.05, 0.1) is 16.7 Å². The van der Waals surface area contributed by atoms with Gasteiger partial charge in [0.2, 0.25) is 0 Å². The Hall–Kier alpha value is -3.72. The smallest absolute Gasteiger partial charge is 0.0723 e. The Kier molecular flexibility index (Phi) is 5.57. The summed E-state index contributed by atoms with van der Waals surface area (Å²) >= 11 is 0. The molecule has 0 unspecified atom stereocenters. The number of fused-ring (bicyclic) bond motifs is 2. The summed E-state index contributed by atoms with van der Waals surface area (Å²) in [5.74, 6) is 0. The number of hydrogen-bond acceptors (Lipinski definition) is 3. The third-order valence-electron chi connectivity index (χ3n) is 7.20. The van der Waals surface area contributed by atoms with Crippen LogP contribution < -0.4 is 4.90 Å². The third kappa shape index (κ3) is 3.92. The summed E-state index contributed by atoms with van der Waals surface area (Å²) in [6.45, 7) is 8.98. The molecule has 3 nitrogen and oxygen atoms in total. The number of pyridine rings is 2. The van der Waals surface area contributed by atoms with E-state index in [1.165, 1.54) is 16.9 Å². The van der Waals surface area contributed by atoms with Crippen molar-refractivity contribution in [2.75, 3.05) is 11.9 Å². The highest BCUT2D eigenvalue weighted by Gasteiger charge is 2.19. The van der Waals surface area contributed by atoms with Gasteiger partial charge in [-0.05, 0) is 71.8 Å². The third-order valence-corrected chi connectivity index (χ3v) is 7.20. The number of anilines is 2. The van der Waals surface area contributed by atoms with Gasteiger partial charge >= 0.3 is 0 Å². The molecule has 5 rings (SSSR count). The Morgan fingerprint density at radius 2 is 1.53 bits per heavy atom. The van der Waals surface area contributed by atoms with E-state index >= 15 is 0 Å². The van der Waals surface area contributed by atoms with Crippen molar-refractivity contribution in [3.63, 3.8) is 0 Å². The number of para-hydroxylation sites is 1. The average molecular weight is 446 g/mol. The molecule has 0 aliphatic carbocycles. The van der Waals surface area contributed by atoms with Crippen LogP contribution in [0.15, 0.2) is 85.2 Å². The summed E-state index contributed by atoms with van der Waals surface area (Å²) in [5, 5.41) is 2.29. The molecule has 0 fully saturated rings. The summed E-state index contributed by atoms with van der Waals surface area (Å²) in [7, 11) is 2.14. The molecule has 0 radical (unpaired) electrons. The van der Waals surface area contributed by atoms with Crippen LogP contribution in [-0.2, 0) is 5.41 Å². The highest BCUT2D eigenvalue weighted by molar-refractivity contribution is 5.98. The fraction of sp³-hybridized carbons (Fsp3) is 0.226. The van der Waals surface area contributed by atoms with Gasteiger partial charge in [-0.1, -0.05) is 57.2 Å². The zero-order chi connectivity index (χ0) is 23.9. The molecular formula is C31H31N3. The van der Waals surface area contributed by atoms with Crippen molar-refractivity contribution in [1.29, 1.82) is 0 Å². The lowest BCUT2D eigenvalue weighted by molar-refractivity contribution is 0.506. The van der Waals surface area contributed by atoms with Crippen molar-refractivity contribution in [1.82, 2.24) is 9.97 Å². The maximum Gasteiger partial charge on any atom is 0.0723 e. The van der Waals surface area contributed by atoms with Gasteiger partial charge in [-0.2, -0.15) is 0 Å². The first-order valence-electron chi connectivity index (χ1n) is 12.0. The van der Waals surface area contributed by atoms with Crippen LogP contribution in [0.3, 0.4) is 0 Å². The molecule has 0 saturated heterocycles. The van der Waals surface area contributed by atoms with Crippen LogP contribution in [0.2, 0.25) is 0 Å². The van der Waals surface area contributed by atoms with Crippen LogP contribution in [0.5, 0.6) is 0 Å². The number of benzene rings is 3.